The van der Waals surface area contributed by atoms with Crippen molar-refractivity contribution in [2.24, 2.45) is 0 Å². The quantitative estimate of drug-likeness (QED) is 0.370. The van der Waals surface area contributed by atoms with E-state index >= 15 is 0 Å². The third-order valence-corrected chi connectivity index (χ3v) is 4.16. The maximum atomic E-state index is 12.7. The smallest absolute Gasteiger partial charge is 0.194 e. The molecule has 1 aliphatic rings. The third kappa shape index (κ3) is 1.77. The molecule has 0 unspecified atom stereocenters. The van der Waals surface area contributed by atoms with Gasteiger partial charge in [-0.2, -0.15) is 0 Å². The van der Waals surface area contributed by atoms with Crippen LogP contribution < -0.4 is 0 Å². The molecule has 1 aliphatic carbocycles. The Morgan fingerprint density at radius 1 is 0.458 bits per heavy atom. The Bertz CT molecular complexity index is 995. The SMILES string of the molecule is O=C1c2cc(O)c(O)cc2C(=O)c2cc3cc(O)c(O)cc3cc21. The number of hydrogen-bond donors (Lipinski definition) is 4. The van der Waals surface area contributed by atoms with Gasteiger partial charge in [0.2, 0.25) is 0 Å². The van der Waals surface area contributed by atoms with Crippen LogP contribution in [-0.2, 0) is 0 Å². The largest absolute Gasteiger partial charge is 0.504 e. The van der Waals surface area contributed by atoms with Gasteiger partial charge in [-0.3, -0.25) is 9.59 Å². The van der Waals surface area contributed by atoms with Crippen molar-refractivity contribution in [3.05, 3.63) is 58.7 Å². The van der Waals surface area contributed by atoms with Crippen molar-refractivity contribution in [1.82, 2.24) is 0 Å². The van der Waals surface area contributed by atoms with Crippen LogP contribution in [0.25, 0.3) is 10.8 Å². The zero-order valence-corrected chi connectivity index (χ0v) is 12.1. The lowest BCUT2D eigenvalue weighted by molar-refractivity contribution is 0.0979. The Hall–Kier alpha value is -3.54. The Kier molecular flexibility index (Phi) is 2.63. The fourth-order valence-electron chi connectivity index (χ4n) is 2.94. The van der Waals surface area contributed by atoms with Gasteiger partial charge in [-0.05, 0) is 47.2 Å². The molecule has 24 heavy (non-hydrogen) atoms. The number of carbonyl (C=O) groups is 2. The third-order valence-electron chi connectivity index (χ3n) is 4.16. The summed E-state index contributed by atoms with van der Waals surface area (Å²) in [6.07, 6.45) is 0. The number of phenolic OH excluding ortho intramolecular Hbond substituents is 4. The Morgan fingerprint density at radius 2 is 0.750 bits per heavy atom. The molecule has 0 saturated carbocycles. The van der Waals surface area contributed by atoms with Crippen molar-refractivity contribution >= 4 is 22.3 Å². The number of benzene rings is 3. The summed E-state index contributed by atoms with van der Waals surface area (Å²) in [5.41, 5.74) is 0.278. The highest BCUT2D eigenvalue weighted by molar-refractivity contribution is 6.29. The minimum absolute atomic E-state index is 0.00477. The average Bonchev–Trinajstić information content (AvgIpc) is 2.54. The van der Waals surface area contributed by atoms with Crippen LogP contribution in [0.15, 0.2) is 36.4 Å². The van der Waals surface area contributed by atoms with Gasteiger partial charge in [-0.25, -0.2) is 0 Å². The second kappa shape index (κ2) is 4.48. The van der Waals surface area contributed by atoms with Crippen LogP contribution >= 0.6 is 0 Å². The van der Waals surface area contributed by atoms with Crippen molar-refractivity contribution < 1.29 is 30.0 Å². The number of carbonyl (C=O) groups excluding carboxylic acids is 2. The first-order chi connectivity index (χ1) is 11.4. The van der Waals surface area contributed by atoms with Gasteiger partial charge in [0.05, 0.1) is 0 Å². The molecule has 4 rings (SSSR count). The lowest BCUT2D eigenvalue weighted by Crippen LogP contribution is -2.20. The summed E-state index contributed by atoms with van der Waals surface area (Å²) in [5.74, 6) is -2.57. The highest BCUT2D eigenvalue weighted by Gasteiger charge is 2.31. The molecule has 0 aliphatic heterocycles. The first-order valence-corrected chi connectivity index (χ1v) is 7.02. The molecule has 0 amide bonds. The average molecular weight is 322 g/mol. The molecule has 0 atom stereocenters. The zero-order chi connectivity index (χ0) is 17.2. The normalized spacial score (nSPS) is 13.0. The van der Waals surface area contributed by atoms with Gasteiger partial charge in [-0.1, -0.05) is 0 Å². The molecule has 0 spiro atoms. The maximum Gasteiger partial charge on any atom is 0.194 e. The zero-order valence-electron chi connectivity index (χ0n) is 12.1. The molecule has 6 nitrogen and oxygen atoms in total. The van der Waals surface area contributed by atoms with Crippen LogP contribution in [0.3, 0.4) is 0 Å². The Labute approximate surface area is 134 Å². The predicted octanol–water partition coefficient (Wildman–Crippen LogP) is 2.44. The van der Waals surface area contributed by atoms with Gasteiger partial charge >= 0.3 is 0 Å². The molecular formula is C18H10O6. The van der Waals surface area contributed by atoms with Gasteiger partial charge < -0.3 is 20.4 Å². The summed E-state index contributed by atoms with van der Waals surface area (Å²) in [6.45, 7) is 0. The minimum Gasteiger partial charge on any atom is -0.504 e. The minimum atomic E-state index is -0.485. The molecule has 4 N–H and O–H groups in total. The van der Waals surface area contributed by atoms with Crippen molar-refractivity contribution in [2.45, 2.75) is 0 Å². The molecule has 0 heterocycles. The van der Waals surface area contributed by atoms with Crippen LogP contribution in [-0.4, -0.2) is 32.0 Å². The number of phenols is 4. The molecule has 3 aromatic carbocycles. The van der Waals surface area contributed by atoms with E-state index in [1.165, 1.54) is 24.3 Å². The summed E-state index contributed by atoms with van der Waals surface area (Å²) < 4.78 is 0. The monoisotopic (exact) mass is 322 g/mol. The second-order valence-electron chi connectivity index (χ2n) is 5.63. The van der Waals surface area contributed by atoms with Crippen LogP contribution in [0.1, 0.15) is 31.8 Å². The molecule has 0 saturated heterocycles. The first-order valence-electron chi connectivity index (χ1n) is 7.02. The Balaban J connectivity index is 2.04. The van der Waals surface area contributed by atoms with E-state index in [0.717, 1.165) is 12.1 Å². The van der Waals surface area contributed by atoms with Crippen molar-refractivity contribution in [2.75, 3.05) is 0 Å². The van der Waals surface area contributed by atoms with Gasteiger partial charge in [0, 0.05) is 22.3 Å². The van der Waals surface area contributed by atoms with E-state index in [-0.39, 0.29) is 33.8 Å². The summed E-state index contributed by atoms with van der Waals surface area (Å²) in [6, 6.07) is 7.63. The van der Waals surface area contributed by atoms with Crippen LogP contribution in [0, 0.1) is 0 Å². The van der Waals surface area contributed by atoms with Crippen LogP contribution in [0.2, 0.25) is 0 Å². The topological polar surface area (TPSA) is 115 Å². The van der Waals surface area contributed by atoms with Gasteiger partial charge in [0.15, 0.2) is 34.6 Å². The second-order valence-corrected chi connectivity index (χ2v) is 5.63. The van der Waals surface area contributed by atoms with E-state index in [1.807, 2.05) is 0 Å². The van der Waals surface area contributed by atoms with Crippen molar-refractivity contribution in [3.63, 3.8) is 0 Å². The van der Waals surface area contributed by atoms with E-state index in [0.29, 0.717) is 10.8 Å². The van der Waals surface area contributed by atoms with Crippen molar-refractivity contribution in [1.29, 1.82) is 0 Å². The predicted molar refractivity (Wildman–Crippen MR) is 83.9 cm³/mol. The number of rotatable bonds is 0. The van der Waals surface area contributed by atoms with Gasteiger partial charge in [0.25, 0.3) is 0 Å². The molecule has 6 heteroatoms. The fraction of sp³-hybridized carbons (Fsp3) is 0. The molecule has 3 aromatic rings. The van der Waals surface area contributed by atoms with E-state index in [1.54, 1.807) is 0 Å². The summed E-state index contributed by atoms with van der Waals surface area (Å²) >= 11 is 0. The fourth-order valence-corrected chi connectivity index (χ4v) is 2.94. The van der Waals surface area contributed by atoms with E-state index in [4.69, 9.17) is 0 Å². The highest BCUT2D eigenvalue weighted by atomic mass is 16.3. The first kappa shape index (κ1) is 14.1. The van der Waals surface area contributed by atoms with E-state index in [2.05, 4.69) is 0 Å². The Morgan fingerprint density at radius 3 is 1.12 bits per heavy atom. The summed E-state index contributed by atoms with van der Waals surface area (Å²) in [5, 5.41) is 39.4. The highest BCUT2D eigenvalue weighted by Crippen LogP contribution is 2.38. The van der Waals surface area contributed by atoms with Gasteiger partial charge in [0.1, 0.15) is 0 Å². The molecule has 118 valence electrons. The lowest BCUT2D eigenvalue weighted by Gasteiger charge is -2.19. The summed E-state index contributed by atoms with van der Waals surface area (Å²) in [4.78, 5) is 25.3. The van der Waals surface area contributed by atoms with Crippen LogP contribution in [0.4, 0.5) is 0 Å². The molecule has 0 radical (unpaired) electrons. The van der Waals surface area contributed by atoms with Crippen LogP contribution in [0.5, 0.6) is 23.0 Å². The molecular weight excluding hydrogens is 312 g/mol. The number of hydrogen-bond acceptors (Lipinski definition) is 6. The standard InChI is InChI=1S/C18H10O6/c19-13-3-7-1-9-10(2-8(7)4-14(13)20)18(24)12-6-16(22)15(21)5-11(12)17(9)23/h1-6,19-22H. The van der Waals surface area contributed by atoms with E-state index in [9.17, 15) is 30.0 Å². The molecule has 0 bridgehead atoms. The molecule has 0 aromatic heterocycles. The summed E-state index contributed by atoms with van der Waals surface area (Å²) in [7, 11) is 0. The van der Waals surface area contributed by atoms with Crippen molar-refractivity contribution in [3.8, 4) is 23.0 Å². The molecule has 0 fully saturated rings. The lowest BCUT2D eigenvalue weighted by atomic mass is 9.82. The van der Waals surface area contributed by atoms with E-state index < -0.39 is 23.1 Å². The number of ketones is 2. The number of fused-ring (bicyclic) bond motifs is 3. The van der Waals surface area contributed by atoms with Gasteiger partial charge in [-0.15, -0.1) is 0 Å². The maximum absolute atomic E-state index is 12.7. The number of aromatic hydroxyl groups is 4.